The fraction of sp³-hybridized carbons (Fsp3) is 0.610. The van der Waals surface area contributed by atoms with E-state index in [4.69, 9.17) is 14.2 Å². The first-order valence-corrected chi connectivity index (χ1v) is 19.3. The van der Waals surface area contributed by atoms with E-state index in [1.165, 1.54) is 0 Å². The third-order valence-electron chi connectivity index (χ3n) is 11.3. The fourth-order valence-electron chi connectivity index (χ4n) is 8.51. The van der Waals surface area contributed by atoms with Gasteiger partial charge in [-0.2, -0.15) is 0 Å². The first kappa shape index (κ1) is 40.8. The Labute approximate surface area is 320 Å². The van der Waals surface area contributed by atoms with Gasteiger partial charge in [0.15, 0.2) is 6.10 Å². The largest absolute Gasteiger partial charge is 0.496 e. The molecule has 0 saturated carbocycles. The predicted octanol–water partition coefficient (Wildman–Crippen LogP) is 4.72. The molecule has 3 saturated heterocycles. The summed E-state index contributed by atoms with van der Waals surface area (Å²) in [7, 11) is 1.65. The van der Waals surface area contributed by atoms with Crippen molar-refractivity contribution in [2.24, 2.45) is 0 Å². The topological polar surface area (TPSA) is 124 Å². The van der Waals surface area contributed by atoms with Crippen LogP contribution in [0.25, 0.3) is 0 Å². The average molecular weight is 749 g/mol. The van der Waals surface area contributed by atoms with Gasteiger partial charge in [-0.15, -0.1) is 0 Å². The zero-order valence-electron chi connectivity index (χ0n) is 31.8. The summed E-state index contributed by atoms with van der Waals surface area (Å²) >= 11 is 0. The van der Waals surface area contributed by atoms with Crippen LogP contribution in [0.2, 0.25) is 0 Å². The summed E-state index contributed by atoms with van der Waals surface area (Å²) in [6.45, 7) is 12.3. The molecule has 2 aromatic carbocycles. The SMILES string of the molecule is C.CCOC(=O)CN1CCC(N2CCN(C(=O)[C@@H](Cc3cc(C)c(OC)c(C)c3)OC(=O)N3CCC(N4CCc5ccccc5NC4=O)CC3)CC2)CC1. The highest BCUT2D eigenvalue weighted by atomic mass is 16.6. The number of fused-ring (bicyclic) bond motifs is 1. The molecule has 4 aliphatic rings. The van der Waals surface area contributed by atoms with Crippen molar-refractivity contribution in [3.63, 3.8) is 0 Å². The monoisotopic (exact) mass is 748 g/mol. The molecule has 13 nitrogen and oxygen atoms in total. The zero-order chi connectivity index (χ0) is 37.5. The molecule has 296 valence electrons. The van der Waals surface area contributed by atoms with Gasteiger partial charge in [-0.1, -0.05) is 37.8 Å². The maximum Gasteiger partial charge on any atom is 0.410 e. The molecular weight excluding hydrogens is 688 g/mol. The molecule has 13 heteroatoms. The Hall–Kier alpha value is -4.36. The summed E-state index contributed by atoms with van der Waals surface area (Å²) in [5, 5.41) is 3.06. The number of hydrogen-bond donors (Lipinski definition) is 1. The molecule has 1 N–H and O–H groups in total. The first-order chi connectivity index (χ1) is 25.6. The third-order valence-corrected chi connectivity index (χ3v) is 11.3. The molecule has 0 spiro atoms. The maximum absolute atomic E-state index is 14.2. The molecule has 0 aliphatic carbocycles. The van der Waals surface area contributed by atoms with Gasteiger partial charge in [-0.05, 0) is 81.2 Å². The number of para-hydroxylation sites is 1. The average Bonchev–Trinajstić information content (AvgIpc) is 3.32. The van der Waals surface area contributed by atoms with Crippen molar-refractivity contribution in [2.45, 2.75) is 84.9 Å². The van der Waals surface area contributed by atoms with E-state index in [-0.39, 0.29) is 37.8 Å². The van der Waals surface area contributed by atoms with Crippen LogP contribution >= 0.6 is 0 Å². The summed E-state index contributed by atoms with van der Waals surface area (Å²) in [5.74, 6) is 0.455. The lowest BCUT2D eigenvalue weighted by Gasteiger charge is -2.43. The van der Waals surface area contributed by atoms with Crippen LogP contribution in [0.15, 0.2) is 36.4 Å². The van der Waals surface area contributed by atoms with Crippen molar-refractivity contribution in [1.29, 1.82) is 0 Å². The van der Waals surface area contributed by atoms with E-state index in [1.807, 2.05) is 67.0 Å². The number of piperidine rings is 2. The Bertz CT molecular complexity index is 1590. The molecule has 4 aliphatic heterocycles. The van der Waals surface area contributed by atoms with Crippen molar-refractivity contribution < 1.29 is 33.4 Å². The Morgan fingerprint density at radius 2 is 1.50 bits per heavy atom. The number of likely N-dealkylation sites (tertiary alicyclic amines) is 2. The number of amides is 4. The molecular formula is C41H60N6O7. The first-order valence-electron chi connectivity index (χ1n) is 19.3. The number of aryl methyl sites for hydroxylation is 2. The van der Waals surface area contributed by atoms with Gasteiger partial charge in [-0.25, -0.2) is 9.59 Å². The number of benzene rings is 2. The lowest BCUT2D eigenvalue weighted by molar-refractivity contribution is -0.144. The van der Waals surface area contributed by atoms with E-state index in [2.05, 4.69) is 15.1 Å². The van der Waals surface area contributed by atoms with E-state index < -0.39 is 12.2 Å². The van der Waals surface area contributed by atoms with Crippen molar-refractivity contribution in [3.05, 3.63) is 58.7 Å². The number of esters is 1. The second-order valence-corrected chi connectivity index (χ2v) is 14.8. The van der Waals surface area contributed by atoms with Crippen LogP contribution in [0.4, 0.5) is 15.3 Å². The lowest BCUT2D eigenvalue weighted by atomic mass is 10.00. The molecule has 1 atom stereocenters. The molecule has 54 heavy (non-hydrogen) atoms. The molecule has 4 amide bonds. The van der Waals surface area contributed by atoms with Gasteiger partial charge in [0.25, 0.3) is 5.91 Å². The summed E-state index contributed by atoms with van der Waals surface area (Å²) in [6, 6.07) is 12.2. The Morgan fingerprint density at radius 1 is 0.852 bits per heavy atom. The van der Waals surface area contributed by atoms with Crippen LogP contribution in [0, 0.1) is 13.8 Å². The number of methoxy groups -OCH3 is 1. The molecule has 2 aromatic rings. The highest BCUT2D eigenvalue weighted by Crippen LogP contribution is 2.28. The number of hydrogen-bond acceptors (Lipinski definition) is 9. The van der Waals surface area contributed by atoms with Crippen LogP contribution < -0.4 is 10.1 Å². The van der Waals surface area contributed by atoms with Crippen molar-refractivity contribution in [1.82, 2.24) is 24.5 Å². The van der Waals surface area contributed by atoms with Crippen LogP contribution in [-0.4, -0.2) is 146 Å². The lowest BCUT2D eigenvalue weighted by Crippen LogP contribution is -2.57. The number of carbonyl (C=O) groups is 4. The normalized spacial score (nSPS) is 19.6. The van der Waals surface area contributed by atoms with Gasteiger partial charge in [-0.3, -0.25) is 19.4 Å². The quantitative estimate of drug-likeness (QED) is 0.344. The fourth-order valence-corrected chi connectivity index (χ4v) is 8.51. The maximum atomic E-state index is 14.2. The number of nitrogens with zero attached hydrogens (tertiary/aromatic N) is 5. The predicted molar refractivity (Wildman–Crippen MR) is 208 cm³/mol. The van der Waals surface area contributed by atoms with Crippen LogP contribution in [0.5, 0.6) is 5.75 Å². The Morgan fingerprint density at radius 3 is 2.15 bits per heavy atom. The molecule has 0 radical (unpaired) electrons. The summed E-state index contributed by atoms with van der Waals surface area (Å²) < 4.78 is 16.8. The number of anilines is 1. The third kappa shape index (κ3) is 9.84. The molecule has 0 bridgehead atoms. The molecule has 3 fully saturated rings. The van der Waals surface area contributed by atoms with E-state index >= 15 is 0 Å². The Balaban J connectivity index is 0.00000561. The van der Waals surface area contributed by atoms with Crippen LogP contribution in [0.1, 0.15) is 62.3 Å². The zero-order valence-corrected chi connectivity index (χ0v) is 31.8. The highest BCUT2D eigenvalue weighted by Gasteiger charge is 2.36. The second-order valence-electron chi connectivity index (χ2n) is 14.8. The summed E-state index contributed by atoms with van der Waals surface area (Å²) in [4.78, 5) is 63.1. The molecule has 0 unspecified atom stereocenters. The number of piperazine rings is 1. The van der Waals surface area contributed by atoms with Gasteiger partial charge in [0.05, 0.1) is 20.3 Å². The summed E-state index contributed by atoms with van der Waals surface area (Å²) in [6.07, 6.45) is 2.78. The van der Waals surface area contributed by atoms with Gasteiger partial charge in [0.2, 0.25) is 0 Å². The van der Waals surface area contributed by atoms with Gasteiger partial charge in [0.1, 0.15) is 5.75 Å². The minimum Gasteiger partial charge on any atom is -0.496 e. The van der Waals surface area contributed by atoms with E-state index in [9.17, 15) is 19.2 Å². The summed E-state index contributed by atoms with van der Waals surface area (Å²) in [5.41, 5.74) is 4.81. The van der Waals surface area contributed by atoms with Crippen molar-refractivity contribution in [3.8, 4) is 5.75 Å². The minimum absolute atomic E-state index is 0. The highest BCUT2D eigenvalue weighted by molar-refractivity contribution is 5.91. The van der Waals surface area contributed by atoms with E-state index in [1.54, 1.807) is 12.0 Å². The molecule has 6 rings (SSSR count). The molecule has 0 aromatic heterocycles. The number of rotatable bonds is 10. The number of nitrogens with one attached hydrogen (secondary N) is 1. The van der Waals surface area contributed by atoms with Gasteiger partial charge < -0.3 is 34.2 Å². The number of carbonyl (C=O) groups excluding carboxylic acids is 4. The number of ether oxygens (including phenoxy) is 3. The van der Waals surface area contributed by atoms with E-state index in [0.717, 1.165) is 79.1 Å². The van der Waals surface area contributed by atoms with Crippen molar-refractivity contribution >= 4 is 29.7 Å². The van der Waals surface area contributed by atoms with E-state index in [0.29, 0.717) is 64.8 Å². The number of urea groups is 1. The molecule has 4 heterocycles. The van der Waals surface area contributed by atoms with Gasteiger partial charge >= 0.3 is 18.1 Å². The van der Waals surface area contributed by atoms with Crippen LogP contribution in [0.3, 0.4) is 0 Å². The smallest absolute Gasteiger partial charge is 0.410 e. The van der Waals surface area contributed by atoms with Crippen LogP contribution in [-0.2, 0) is 31.9 Å². The Kier molecular flexibility index (Phi) is 14.2. The standard InChI is InChI=1S/C40H56N6O7.CH4/c1-5-52-36(47)27-42-15-11-32(12-16-42)43-20-22-44(23-21-43)38(48)35(26-30-24-28(2)37(51-4)29(3)25-30)53-40(50)45-17-13-33(14-18-45)46-19-10-31-8-6-7-9-34(31)41-39(46)49;/h6-9,24-25,32-33,35H,5,10-23,26-27H2,1-4H3,(H,41,49);1H4/t35-;/m1./s1. The second kappa shape index (κ2) is 18.8. The minimum atomic E-state index is -0.972. The van der Waals surface area contributed by atoms with Gasteiger partial charge in [0, 0.05) is 83.1 Å². The van der Waals surface area contributed by atoms with Crippen molar-refractivity contribution in [2.75, 3.05) is 84.5 Å².